The number of nitrogens with zero attached hydrogens (tertiary/aromatic N) is 1. The van der Waals surface area contributed by atoms with Crippen LogP contribution in [0.3, 0.4) is 0 Å². The Labute approximate surface area is 120 Å². The Morgan fingerprint density at radius 1 is 1.35 bits per heavy atom. The highest BCUT2D eigenvalue weighted by molar-refractivity contribution is 5.95. The molecule has 0 aromatic carbocycles. The van der Waals surface area contributed by atoms with Gasteiger partial charge in [-0.2, -0.15) is 0 Å². The third kappa shape index (κ3) is 6.83. The van der Waals surface area contributed by atoms with Gasteiger partial charge in [-0.15, -0.1) is 0 Å². The molecule has 0 aromatic heterocycles. The summed E-state index contributed by atoms with van der Waals surface area (Å²) in [5, 5.41) is 4.86. The molecule has 116 valence electrons. The maximum absolute atomic E-state index is 11.7. The van der Waals surface area contributed by atoms with Gasteiger partial charge in [0.25, 0.3) is 0 Å². The molecule has 0 aliphatic carbocycles. The van der Waals surface area contributed by atoms with Gasteiger partial charge in [-0.25, -0.2) is 4.79 Å². The molecule has 0 saturated carbocycles. The van der Waals surface area contributed by atoms with E-state index < -0.39 is 6.03 Å². The van der Waals surface area contributed by atoms with Crippen molar-refractivity contribution in [3.05, 3.63) is 0 Å². The molecular weight excluding hydrogens is 260 g/mol. The molecule has 0 radical (unpaired) electrons. The molecular formula is C13H26N4O3. The van der Waals surface area contributed by atoms with E-state index in [-0.39, 0.29) is 12.5 Å². The summed E-state index contributed by atoms with van der Waals surface area (Å²) in [5.74, 6) is 0.411. The van der Waals surface area contributed by atoms with E-state index in [0.29, 0.717) is 19.1 Å². The van der Waals surface area contributed by atoms with Gasteiger partial charge in [0, 0.05) is 13.7 Å². The highest BCUT2D eigenvalue weighted by Gasteiger charge is 2.20. The van der Waals surface area contributed by atoms with Crippen molar-refractivity contribution < 1.29 is 14.3 Å². The Bertz CT molecular complexity index is 304. The van der Waals surface area contributed by atoms with Gasteiger partial charge < -0.3 is 15.8 Å². The largest absolute Gasteiger partial charge is 0.383 e. The number of likely N-dealkylation sites (tertiary alicyclic amines) is 1. The fourth-order valence-electron chi connectivity index (χ4n) is 2.35. The fraction of sp³-hybridized carbons (Fsp3) is 0.846. The average molecular weight is 286 g/mol. The zero-order chi connectivity index (χ0) is 14.8. The lowest BCUT2D eigenvalue weighted by Crippen LogP contribution is -2.46. The molecule has 1 saturated heterocycles. The lowest BCUT2D eigenvalue weighted by atomic mass is 9.94. The number of ether oxygens (including phenoxy) is 1. The number of hydrogen-bond acceptors (Lipinski definition) is 5. The van der Waals surface area contributed by atoms with Crippen molar-refractivity contribution in [2.24, 2.45) is 11.7 Å². The van der Waals surface area contributed by atoms with Crippen molar-refractivity contribution in [1.82, 2.24) is 15.5 Å². The van der Waals surface area contributed by atoms with Crippen LogP contribution in [-0.2, 0) is 9.53 Å². The predicted molar refractivity (Wildman–Crippen MR) is 76.3 cm³/mol. The second-order valence-corrected chi connectivity index (χ2v) is 5.09. The van der Waals surface area contributed by atoms with E-state index in [2.05, 4.69) is 15.5 Å². The Kier molecular flexibility index (Phi) is 8.17. The van der Waals surface area contributed by atoms with Crippen molar-refractivity contribution in [2.75, 3.05) is 46.4 Å². The summed E-state index contributed by atoms with van der Waals surface area (Å²) in [6, 6.07) is -0.468. The van der Waals surface area contributed by atoms with E-state index >= 15 is 0 Å². The Balaban J connectivity index is 2.15. The van der Waals surface area contributed by atoms with Gasteiger partial charge in [-0.3, -0.25) is 15.0 Å². The molecule has 0 unspecified atom stereocenters. The first-order valence-electron chi connectivity index (χ1n) is 7.14. The van der Waals surface area contributed by atoms with Crippen LogP contribution in [0.25, 0.3) is 0 Å². The number of methoxy groups -OCH3 is 1. The fourth-order valence-corrected chi connectivity index (χ4v) is 2.35. The number of piperidine rings is 1. The molecule has 0 aromatic rings. The van der Waals surface area contributed by atoms with Gasteiger partial charge in [-0.1, -0.05) is 0 Å². The molecule has 1 fully saturated rings. The van der Waals surface area contributed by atoms with Gasteiger partial charge in [0.05, 0.1) is 13.2 Å². The first-order chi connectivity index (χ1) is 9.65. The van der Waals surface area contributed by atoms with Gasteiger partial charge >= 0.3 is 6.03 Å². The van der Waals surface area contributed by atoms with Crippen LogP contribution in [0, 0.1) is 5.92 Å². The van der Waals surface area contributed by atoms with Gasteiger partial charge in [0.15, 0.2) is 0 Å². The van der Waals surface area contributed by atoms with Crippen LogP contribution in [0.2, 0.25) is 0 Å². The molecule has 0 atom stereocenters. The number of imide groups is 1. The third-order valence-corrected chi connectivity index (χ3v) is 3.49. The first-order valence-corrected chi connectivity index (χ1v) is 7.14. The molecule has 7 heteroatoms. The Hall–Kier alpha value is -1.18. The molecule has 4 N–H and O–H groups in total. The quantitative estimate of drug-likeness (QED) is 0.549. The standard InChI is InChI=1S/C13H26N4O3/c1-20-9-6-15-13(19)16-12(18)10-17-7-3-11(2-5-14)4-8-17/h11H,2-10,14H2,1H3,(H2,15,16,18,19). The summed E-state index contributed by atoms with van der Waals surface area (Å²) in [5.41, 5.74) is 5.55. The molecule has 0 bridgehead atoms. The van der Waals surface area contributed by atoms with Gasteiger partial charge in [-0.05, 0) is 44.8 Å². The van der Waals surface area contributed by atoms with Crippen LogP contribution in [0.15, 0.2) is 0 Å². The number of urea groups is 1. The second-order valence-electron chi connectivity index (χ2n) is 5.09. The van der Waals surface area contributed by atoms with Crippen LogP contribution in [0.1, 0.15) is 19.3 Å². The molecule has 7 nitrogen and oxygen atoms in total. The van der Waals surface area contributed by atoms with Crippen LogP contribution in [0.5, 0.6) is 0 Å². The predicted octanol–water partition coefficient (Wildman–Crippen LogP) is -0.481. The summed E-state index contributed by atoms with van der Waals surface area (Å²) >= 11 is 0. The normalized spacial score (nSPS) is 16.9. The zero-order valence-electron chi connectivity index (χ0n) is 12.2. The minimum absolute atomic E-state index is 0.266. The molecule has 1 rings (SSSR count). The minimum atomic E-state index is -0.468. The number of hydrogen-bond donors (Lipinski definition) is 3. The number of amides is 3. The van der Waals surface area contributed by atoms with Crippen molar-refractivity contribution in [1.29, 1.82) is 0 Å². The second kappa shape index (κ2) is 9.68. The lowest BCUT2D eigenvalue weighted by molar-refractivity contribution is -0.121. The lowest BCUT2D eigenvalue weighted by Gasteiger charge is -2.31. The summed E-state index contributed by atoms with van der Waals surface area (Å²) < 4.78 is 4.80. The average Bonchev–Trinajstić information content (AvgIpc) is 2.41. The number of carbonyl (C=O) groups excluding carboxylic acids is 2. The monoisotopic (exact) mass is 286 g/mol. The molecule has 1 heterocycles. The molecule has 1 aliphatic rings. The van der Waals surface area contributed by atoms with Crippen LogP contribution < -0.4 is 16.4 Å². The van der Waals surface area contributed by atoms with Crippen LogP contribution >= 0.6 is 0 Å². The van der Waals surface area contributed by atoms with E-state index in [9.17, 15) is 9.59 Å². The third-order valence-electron chi connectivity index (χ3n) is 3.49. The maximum Gasteiger partial charge on any atom is 0.321 e. The van der Waals surface area contributed by atoms with Crippen LogP contribution in [-0.4, -0.2) is 63.3 Å². The molecule has 1 aliphatic heterocycles. The van der Waals surface area contributed by atoms with Gasteiger partial charge in [0.1, 0.15) is 0 Å². The SMILES string of the molecule is COCCNC(=O)NC(=O)CN1CCC(CCN)CC1. The summed E-state index contributed by atoms with van der Waals surface area (Å²) in [7, 11) is 1.55. The first kappa shape index (κ1) is 16.9. The summed E-state index contributed by atoms with van der Waals surface area (Å²) in [6.45, 7) is 3.60. The summed E-state index contributed by atoms with van der Waals surface area (Å²) in [6.07, 6.45) is 3.21. The smallest absolute Gasteiger partial charge is 0.321 e. The van der Waals surface area contributed by atoms with E-state index in [1.807, 2.05) is 0 Å². The Morgan fingerprint density at radius 3 is 2.65 bits per heavy atom. The van der Waals surface area contributed by atoms with Crippen molar-refractivity contribution in [2.45, 2.75) is 19.3 Å². The van der Waals surface area contributed by atoms with E-state index in [1.54, 1.807) is 7.11 Å². The number of rotatable bonds is 7. The Morgan fingerprint density at radius 2 is 2.05 bits per heavy atom. The van der Waals surface area contributed by atoms with E-state index in [1.165, 1.54) is 0 Å². The highest BCUT2D eigenvalue weighted by atomic mass is 16.5. The summed E-state index contributed by atoms with van der Waals surface area (Å²) in [4.78, 5) is 25.1. The zero-order valence-corrected chi connectivity index (χ0v) is 12.2. The van der Waals surface area contributed by atoms with E-state index in [4.69, 9.17) is 10.5 Å². The highest BCUT2D eigenvalue weighted by Crippen LogP contribution is 2.19. The van der Waals surface area contributed by atoms with Crippen molar-refractivity contribution in [3.8, 4) is 0 Å². The number of carbonyl (C=O) groups is 2. The van der Waals surface area contributed by atoms with Crippen molar-refractivity contribution in [3.63, 3.8) is 0 Å². The van der Waals surface area contributed by atoms with Crippen LogP contribution in [0.4, 0.5) is 4.79 Å². The molecule has 0 spiro atoms. The number of nitrogens with two attached hydrogens (primary N) is 1. The van der Waals surface area contributed by atoms with E-state index in [0.717, 1.165) is 38.9 Å². The minimum Gasteiger partial charge on any atom is -0.383 e. The molecule has 3 amide bonds. The van der Waals surface area contributed by atoms with Gasteiger partial charge in [0.2, 0.25) is 5.91 Å². The topological polar surface area (TPSA) is 96.7 Å². The maximum atomic E-state index is 11.7. The van der Waals surface area contributed by atoms with Crippen molar-refractivity contribution >= 4 is 11.9 Å². The number of nitrogens with one attached hydrogen (secondary N) is 2. The molecule has 20 heavy (non-hydrogen) atoms.